The summed E-state index contributed by atoms with van der Waals surface area (Å²) in [5.41, 5.74) is 0. The average Bonchev–Trinajstić information content (AvgIpc) is 3.18. The molecule has 0 amide bonds. The molecule has 6 nitrogen and oxygen atoms in total. The van der Waals surface area contributed by atoms with Crippen LogP contribution in [0.1, 0.15) is 175 Å². The van der Waals surface area contributed by atoms with Crippen molar-refractivity contribution in [3.05, 3.63) is 97.2 Å². The number of allylic oxidation sites excluding steroid dienone is 15. The van der Waals surface area contributed by atoms with Gasteiger partial charge in [0.05, 0.1) is 6.42 Å². The van der Waals surface area contributed by atoms with Crippen molar-refractivity contribution in [2.45, 2.75) is 181 Å². The highest BCUT2D eigenvalue weighted by Crippen LogP contribution is 2.13. The summed E-state index contributed by atoms with van der Waals surface area (Å²) in [7, 11) is 0. The molecule has 0 aliphatic rings. The van der Waals surface area contributed by atoms with Crippen LogP contribution in [0, 0.1) is 0 Å². The van der Waals surface area contributed by atoms with E-state index in [1.165, 1.54) is 51.4 Å². The normalized spacial score (nSPS) is 13.0. The number of carbonyl (C=O) groups excluding carboxylic acids is 3. The SMILES string of the molecule is CC/C=C\C/C=C\C/C=C\C/C=C\C/C=C\CCCC(=O)OCC(COC(=O)C/C=C\C/C=C\C/C=C\CC)OC(=O)CCCCCCCCCCCCC. The minimum absolute atomic E-state index is 0.124. The van der Waals surface area contributed by atoms with Gasteiger partial charge in [0.2, 0.25) is 0 Å². The highest BCUT2D eigenvalue weighted by Gasteiger charge is 2.19. The van der Waals surface area contributed by atoms with Crippen LogP contribution in [0.3, 0.4) is 0 Å². The van der Waals surface area contributed by atoms with E-state index >= 15 is 0 Å². The van der Waals surface area contributed by atoms with Gasteiger partial charge in [-0.1, -0.05) is 182 Å². The summed E-state index contributed by atoms with van der Waals surface area (Å²) < 4.78 is 16.5. The van der Waals surface area contributed by atoms with Crippen molar-refractivity contribution in [1.82, 2.24) is 0 Å². The van der Waals surface area contributed by atoms with E-state index in [1.54, 1.807) is 6.08 Å². The topological polar surface area (TPSA) is 78.9 Å². The number of ether oxygens (including phenoxy) is 3. The van der Waals surface area contributed by atoms with Gasteiger partial charge in [0.25, 0.3) is 0 Å². The van der Waals surface area contributed by atoms with Gasteiger partial charge in [-0.15, -0.1) is 0 Å². The number of hydrogen-bond acceptors (Lipinski definition) is 6. The fraction of sp³-hybridized carbons (Fsp3) is 0.612. The Hall–Kier alpha value is -3.67. The molecule has 0 aliphatic heterocycles. The highest BCUT2D eigenvalue weighted by atomic mass is 16.6. The van der Waals surface area contributed by atoms with E-state index in [0.717, 1.165) is 77.0 Å². The van der Waals surface area contributed by atoms with Gasteiger partial charge < -0.3 is 14.2 Å². The Bertz CT molecular complexity index is 1150. The lowest BCUT2D eigenvalue weighted by Gasteiger charge is -2.18. The first-order valence-electron chi connectivity index (χ1n) is 21.7. The molecule has 0 heterocycles. The summed E-state index contributed by atoms with van der Waals surface area (Å²) in [6, 6.07) is 0. The van der Waals surface area contributed by atoms with E-state index in [1.807, 2.05) is 6.08 Å². The van der Waals surface area contributed by atoms with E-state index < -0.39 is 12.1 Å². The first-order valence-corrected chi connectivity index (χ1v) is 21.7. The van der Waals surface area contributed by atoms with Crippen LogP contribution < -0.4 is 0 Å². The molecular weight excluding hydrogens is 685 g/mol. The Morgan fingerprint density at radius 3 is 1.25 bits per heavy atom. The third kappa shape index (κ3) is 41.3. The minimum atomic E-state index is -0.831. The third-order valence-electron chi connectivity index (χ3n) is 8.62. The Morgan fingerprint density at radius 1 is 0.400 bits per heavy atom. The molecule has 55 heavy (non-hydrogen) atoms. The number of hydrogen-bond donors (Lipinski definition) is 0. The van der Waals surface area contributed by atoms with Crippen LogP contribution in [0.4, 0.5) is 0 Å². The zero-order valence-electron chi connectivity index (χ0n) is 35.1. The van der Waals surface area contributed by atoms with Crippen LogP contribution >= 0.6 is 0 Å². The second-order valence-electron chi connectivity index (χ2n) is 13.9. The average molecular weight is 763 g/mol. The summed E-state index contributed by atoms with van der Waals surface area (Å²) in [6.07, 6.45) is 55.7. The van der Waals surface area contributed by atoms with Crippen LogP contribution in [-0.2, 0) is 28.6 Å². The van der Waals surface area contributed by atoms with E-state index in [0.29, 0.717) is 12.8 Å². The van der Waals surface area contributed by atoms with Gasteiger partial charge in [-0.05, 0) is 70.6 Å². The van der Waals surface area contributed by atoms with Gasteiger partial charge in [0.15, 0.2) is 6.10 Å². The van der Waals surface area contributed by atoms with Gasteiger partial charge in [-0.25, -0.2) is 0 Å². The molecule has 0 bridgehead atoms. The Labute approximate surface area is 337 Å². The minimum Gasteiger partial charge on any atom is -0.462 e. The molecule has 0 N–H and O–H groups in total. The molecule has 0 aromatic carbocycles. The zero-order valence-corrected chi connectivity index (χ0v) is 35.1. The van der Waals surface area contributed by atoms with Gasteiger partial charge in [-0.2, -0.15) is 0 Å². The molecular formula is C49H78O6. The molecule has 0 fully saturated rings. The van der Waals surface area contributed by atoms with Crippen LogP contribution in [0.25, 0.3) is 0 Å². The van der Waals surface area contributed by atoms with Gasteiger partial charge >= 0.3 is 17.9 Å². The number of esters is 3. The summed E-state index contributed by atoms with van der Waals surface area (Å²) >= 11 is 0. The molecule has 0 saturated carbocycles. The predicted molar refractivity (Wildman–Crippen MR) is 233 cm³/mol. The lowest BCUT2D eigenvalue weighted by molar-refractivity contribution is -0.166. The van der Waals surface area contributed by atoms with Gasteiger partial charge in [0.1, 0.15) is 13.2 Å². The van der Waals surface area contributed by atoms with Crippen molar-refractivity contribution in [2.24, 2.45) is 0 Å². The maximum atomic E-state index is 12.7. The molecule has 6 heteroatoms. The molecule has 0 aliphatic carbocycles. The van der Waals surface area contributed by atoms with E-state index in [-0.39, 0.29) is 38.0 Å². The second-order valence-corrected chi connectivity index (χ2v) is 13.9. The summed E-state index contributed by atoms with van der Waals surface area (Å²) in [6.45, 7) is 6.21. The fourth-order valence-electron chi connectivity index (χ4n) is 5.42. The first-order chi connectivity index (χ1) is 27.0. The van der Waals surface area contributed by atoms with Gasteiger partial charge in [-0.3, -0.25) is 14.4 Å². The molecule has 0 aromatic rings. The number of rotatable bonds is 37. The van der Waals surface area contributed by atoms with E-state index in [2.05, 4.69) is 106 Å². The smallest absolute Gasteiger partial charge is 0.309 e. The lowest BCUT2D eigenvalue weighted by Crippen LogP contribution is -2.30. The lowest BCUT2D eigenvalue weighted by atomic mass is 10.1. The van der Waals surface area contributed by atoms with E-state index in [4.69, 9.17) is 14.2 Å². The molecule has 0 radical (unpaired) electrons. The monoisotopic (exact) mass is 763 g/mol. The van der Waals surface area contributed by atoms with Crippen molar-refractivity contribution in [3.63, 3.8) is 0 Å². The maximum Gasteiger partial charge on any atom is 0.309 e. The van der Waals surface area contributed by atoms with Crippen LogP contribution in [0.5, 0.6) is 0 Å². The standard InChI is InChI=1S/C49H78O6/c1-4-7-10-13-16-19-21-22-23-24-25-26-28-30-33-36-39-42-48(51)54-45-46(44-53-47(50)41-38-35-32-29-18-15-12-9-6-3)55-49(52)43-40-37-34-31-27-20-17-14-11-8-5-2/h7,9-10,12,16,18-19,22-23,25-26,29-30,33,35,38,46H,4-6,8,11,13-15,17,20-21,24,27-28,31-32,34,36-37,39-45H2,1-3H3/b10-7-,12-9-,19-16-,23-22-,26-25-,29-18-,33-30-,38-35-. The van der Waals surface area contributed by atoms with Crippen molar-refractivity contribution < 1.29 is 28.6 Å². The Morgan fingerprint density at radius 2 is 0.782 bits per heavy atom. The van der Waals surface area contributed by atoms with Crippen molar-refractivity contribution in [2.75, 3.05) is 13.2 Å². The first kappa shape index (κ1) is 51.3. The molecule has 0 aromatic heterocycles. The van der Waals surface area contributed by atoms with Crippen molar-refractivity contribution in [3.8, 4) is 0 Å². The third-order valence-corrected chi connectivity index (χ3v) is 8.62. The Balaban J connectivity index is 4.53. The van der Waals surface area contributed by atoms with Crippen LogP contribution in [-0.4, -0.2) is 37.2 Å². The van der Waals surface area contributed by atoms with Gasteiger partial charge in [0, 0.05) is 12.8 Å². The molecule has 1 atom stereocenters. The van der Waals surface area contributed by atoms with E-state index in [9.17, 15) is 14.4 Å². The van der Waals surface area contributed by atoms with Crippen LogP contribution in [0.2, 0.25) is 0 Å². The molecule has 0 saturated heterocycles. The maximum absolute atomic E-state index is 12.7. The highest BCUT2D eigenvalue weighted by molar-refractivity contribution is 5.72. The summed E-state index contributed by atoms with van der Waals surface area (Å²) in [5.74, 6) is -1.13. The summed E-state index contributed by atoms with van der Waals surface area (Å²) in [4.78, 5) is 37.5. The van der Waals surface area contributed by atoms with Crippen LogP contribution in [0.15, 0.2) is 97.2 Å². The second kappa shape index (κ2) is 43.1. The predicted octanol–water partition coefficient (Wildman–Crippen LogP) is 13.9. The Kier molecular flexibility index (Phi) is 40.2. The number of unbranched alkanes of at least 4 members (excludes halogenated alkanes) is 11. The molecule has 1 unspecified atom stereocenters. The van der Waals surface area contributed by atoms with Crippen molar-refractivity contribution >= 4 is 17.9 Å². The van der Waals surface area contributed by atoms with Crippen molar-refractivity contribution in [1.29, 1.82) is 0 Å². The zero-order chi connectivity index (χ0) is 40.1. The number of carbonyl (C=O) groups is 3. The fourth-order valence-corrected chi connectivity index (χ4v) is 5.42. The largest absolute Gasteiger partial charge is 0.462 e. The summed E-state index contributed by atoms with van der Waals surface area (Å²) in [5, 5.41) is 0. The molecule has 0 spiro atoms. The quantitative estimate of drug-likeness (QED) is 0.0271. The molecule has 310 valence electrons. The molecule has 0 rings (SSSR count).